The Bertz CT molecular complexity index is 1030. The Morgan fingerprint density at radius 1 is 1.09 bits per heavy atom. The van der Waals surface area contributed by atoms with Gasteiger partial charge in [0.25, 0.3) is 5.91 Å². The zero-order valence-corrected chi connectivity index (χ0v) is 20.6. The summed E-state index contributed by atoms with van der Waals surface area (Å²) >= 11 is 0.974. The molecular weight excluding hydrogens is 454 g/mol. The first-order valence-corrected chi connectivity index (χ1v) is 12.7. The third-order valence-corrected chi connectivity index (χ3v) is 7.02. The number of carbonyl (C=O) groups excluding carboxylic acids is 2. The minimum Gasteiger partial charge on any atom is -0.493 e. The van der Waals surface area contributed by atoms with Gasteiger partial charge in [0.1, 0.15) is 10.8 Å². The number of aromatic carboxylic acids is 1. The summed E-state index contributed by atoms with van der Waals surface area (Å²) in [4.78, 5) is 37.2. The lowest BCUT2D eigenvalue weighted by atomic mass is 10.1. The van der Waals surface area contributed by atoms with Crippen LogP contribution >= 0.6 is 11.3 Å². The van der Waals surface area contributed by atoms with Gasteiger partial charge in [-0.15, -0.1) is 11.3 Å². The highest BCUT2D eigenvalue weighted by Gasteiger charge is 2.25. The second-order valence-electron chi connectivity index (χ2n) is 8.44. The van der Waals surface area contributed by atoms with E-state index in [1.165, 1.54) is 19.3 Å². The third-order valence-electron chi connectivity index (χ3n) is 5.82. The predicted molar refractivity (Wildman–Crippen MR) is 133 cm³/mol. The average Bonchev–Trinajstić information content (AvgIpc) is 3.40. The number of unbranched alkanes of at least 4 members (excludes halogenated alkanes) is 5. The molecule has 8 nitrogen and oxygen atoms in total. The first-order chi connectivity index (χ1) is 16.4. The van der Waals surface area contributed by atoms with E-state index < -0.39 is 12.0 Å². The van der Waals surface area contributed by atoms with Crippen molar-refractivity contribution in [3.8, 4) is 5.75 Å². The lowest BCUT2D eigenvalue weighted by Gasteiger charge is -2.07. The molecule has 0 saturated carbocycles. The van der Waals surface area contributed by atoms with Gasteiger partial charge >= 0.3 is 12.0 Å². The van der Waals surface area contributed by atoms with Crippen molar-refractivity contribution < 1.29 is 24.2 Å². The molecule has 0 bridgehead atoms. The normalized spacial score (nSPS) is 12.1. The standard InChI is InChI=1S/C25H33N3O5S/c1-3-4-5-6-7-8-12-26-25(32)28-23-20(24(30)31)16(2)21(34-23)22(29)27-15-17-9-10-19-18(14-17)11-13-33-19/h9-10,14H,3-8,11-13,15H2,1-2H3,(H,27,29)(H,30,31)(H2,26,28,32). The minimum atomic E-state index is -1.18. The predicted octanol–water partition coefficient (Wildman–Crippen LogP) is 5.10. The van der Waals surface area contributed by atoms with E-state index >= 15 is 0 Å². The zero-order valence-electron chi connectivity index (χ0n) is 19.8. The largest absolute Gasteiger partial charge is 0.493 e. The molecule has 34 heavy (non-hydrogen) atoms. The first-order valence-electron chi connectivity index (χ1n) is 11.8. The molecule has 2 heterocycles. The molecule has 9 heteroatoms. The van der Waals surface area contributed by atoms with Crippen LogP contribution in [0.25, 0.3) is 0 Å². The lowest BCUT2D eigenvalue weighted by molar-refractivity contribution is 0.0697. The fourth-order valence-electron chi connectivity index (χ4n) is 3.94. The number of benzene rings is 1. The number of thiophene rings is 1. The maximum atomic E-state index is 12.8. The second-order valence-corrected chi connectivity index (χ2v) is 9.46. The van der Waals surface area contributed by atoms with E-state index in [9.17, 15) is 19.5 Å². The number of fused-ring (bicyclic) bond motifs is 1. The maximum absolute atomic E-state index is 12.8. The van der Waals surface area contributed by atoms with Gasteiger partial charge in [-0.25, -0.2) is 9.59 Å². The number of carbonyl (C=O) groups is 3. The summed E-state index contributed by atoms with van der Waals surface area (Å²) in [7, 11) is 0. The fourth-order valence-corrected chi connectivity index (χ4v) is 5.05. The number of urea groups is 1. The quantitative estimate of drug-likeness (QED) is 0.311. The van der Waals surface area contributed by atoms with Crippen LogP contribution in [-0.4, -0.2) is 36.2 Å². The van der Waals surface area contributed by atoms with Gasteiger partial charge in [-0.2, -0.15) is 0 Å². The van der Waals surface area contributed by atoms with Crippen LogP contribution in [0.4, 0.5) is 9.80 Å². The highest BCUT2D eigenvalue weighted by Crippen LogP contribution is 2.33. The van der Waals surface area contributed by atoms with Gasteiger partial charge in [0, 0.05) is 19.5 Å². The molecule has 1 aliphatic heterocycles. The van der Waals surface area contributed by atoms with Crippen LogP contribution in [0, 0.1) is 6.92 Å². The summed E-state index contributed by atoms with van der Waals surface area (Å²) in [5.74, 6) is -0.680. The van der Waals surface area contributed by atoms with E-state index in [1.54, 1.807) is 6.92 Å². The van der Waals surface area contributed by atoms with Crippen LogP contribution in [0.15, 0.2) is 18.2 Å². The molecule has 0 spiro atoms. The zero-order chi connectivity index (χ0) is 24.5. The number of rotatable bonds is 12. The molecule has 1 aliphatic rings. The lowest BCUT2D eigenvalue weighted by Crippen LogP contribution is -2.29. The first kappa shape index (κ1) is 25.6. The van der Waals surface area contributed by atoms with Crippen LogP contribution in [-0.2, 0) is 13.0 Å². The van der Waals surface area contributed by atoms with Crippen LogP contribution in [0.3, 0.4) is 0 Å². The highest BCUT2D eigenvalue weighted by molar-refractivity contribution is 7.18. The van der Waals surface area contributed by atoms with Crippen molar-refractivity contribution in [1.29, 1.82) is 0 Å². The molecule has 0 radical (unpaired) electrons. The van der Waals surface area contributed by atoms with Crippen molar-refractivity contribution in [2.45, 2.75) is 65.3 Å². The molecule has 2 aromatic rings. The van der Waals surface area contributed by atoms with Gasteiger partial charge < -0.3 is 20.5 Å². The van der Waals surface area contributed by atoms with Crippen molar-refractivity contribution in [2.24, 2.45) is 0 Å². The van der Waals surface area contributed by atoms with E-state index in [1.807, 2.05) is 18.2 Å². The monoisotopic (exact) mass is 487 g/mol. The average molecular weight is 488 g/mol. The Balaban J connectivity index is 1.57. The molecule has 3 rings (SSSR count). The molecule has 184 valence electrons. The Hall–Kier alpha value is -3.07. The van der Waals surface area contributed by atoms with E-state index in [0.29, 0.717) is 25.3 Å². The van der Waals surface area contributed by atoms with Gasteiger partial charge in [-0.05, 0) is 36.1 Å². The minimum absolute atomic E-state index is 0.0560. The third kappa shape index (κ3) is 6.72. The SMILES string of the molecule is CCCCCCCCNC(=O)Nc1sc(C(=O)NCc2ccc3c(c2)CCO3)c(C)c1C(=O)O. The molecule has 4 N–H and O–H groups in total. The summed E-state index contributed by atoms with van der Waals surface area (Å²) < 4.78 is 5.50. The van der Waals surface area contributed by atoms with Crippen LogP contribution < -0.4 is 20.7 Å². The Morgan fingerprint density at radius 2 is 1.85 bits per heavy atom. The molecule has 1 aromatic carbocycles. The number of nitrogens with one attached hydrogen (secondary N) is 3. The number of carboxylic acid groups (broad SMARTS) is 1. The second kappa shape index (κ2) is 12.4. The fraction of sp³-hybridized carbons (Fsp3) is 0.480. The number of hydrogen-bond donors (Lipinski definition) is 4. The van der Waals surface area contributed by atoms with E-state index in [-0.39, 0.29) is 21.3 Å². The molecular formula is C25H33N3O5S. The van der Waals surface area contributed by atoms with Crippen LogP contribution in [0.2, 0.25) is 0 Å². The van der Waals surface area contributed by atoms with Crippen molar-refractivity contribution in [1.82, 2.24) is 10.6 Å². The van der Waals surface area contributed by atoms with Crippen molar-refractivity contribution in [2.75, 3.05) is 18.5 Å². The number of ether oxygens (including phenoxy) is 1. The highest BCUT2D eigenvalue weighted by atomic mass is 32.1. The molecule has 0 fully saturated rings. The molecule has 0 atom stereocenters. The van der Waals surface area contributed by atoms with E-state index in [4.69, 9.17) is 4.74 Å². The molecule has 1 aromatic heterocycles. The van der Waals surface area contributed by atoms with E-state index in [0.717, 1.165) is 53.9 Å². The van der Waals surface area contributed by atoms with Gasteiger partial charge in [0.2, 0.25) is 0 Å². The summed E-state index contributed by atoms with van der Waals surface area (Å²) in [6.45, 7) is 5.25. The summed E-state index contributed by atoms with van der Waals surface area (Å²) in [5.41, 5.74) is 2.34. The van der Waals surface area contributed by atoms with Gasteiger partial charge in [0.05, 0.1) is 17.0 Å². The van der Waals surface area contributed by atoms with Crippen molar-refractivity contribution in [3.05, 3.63) is 45.3 Å². The maximum Gasteiger partial charge on any atom is 0.339 e. The summed E-state index contributed by atoms with van der Waals surface area (Å²) in [6, 6.07) is 5.34. The Kier molecular flexibility index (Phi) is 9.33. The topological polar surface area (TPSA) is 117 Å². The Morgan fingerprint density at radius 3 is 2.62 bits per heavy atom. The summed E-state index contributed by atoms with van der Waals surface area (Å²) in [5, 5.41) is 18.1. The number of amides is 3. The molecule has 0 unspecified atom stereocenters. The molecule has 0 aliphatic carbocycles. The number of carboxylic acids is 1. The van der Waals surface area contributed by atoms with Crippen LogP contribution in [0.5, 0.6) is 5.75 Å². The van der Waals surface area contributed by atoms with Crippen molar-refractivity contribution >= 4 is 34.2 Å². The number of anilines is 1. The molecule has 3 amide bonds. The summed E-state index contributed by atoms with van der Waals surface area (Å²) in [6.07, 6.45) is 7.51. The Labute approximate surface area is 204 Å². The smallest absolute Gasteiger partial charge is 0.339 e. The van der Waals surface area contributed by atoms with Gasteiger partial charge in [0.15, 0.2) is 0 Å². The van der Waals surface area contributed by atoms with Crippen LogP contribution in [0.1, 0.15) is 82.2 Å². The number of hydrogen-bond acceptors (Lipinski definition) is 5. The van der Waals surface area contributed by atoms with Crippen molar-refractivity contribution in [3.63, 3.8) is 0 Å². The van der Waals surface area contributed by atoms with E-state index in [2.05, 4.69) is 22.9 Å². The van der Waals surface area contributed by atoms with Gasteiger partial charge in [-0.3, -0.25) is 10.1 Å². The van der Waals surface area contributed by atoms with Gasteiger partial charge in [-0.1, -0.05) is 51.2 Å². The molecule has 0 saturated heterocycles.